The molecule has 0 saturated heterocycles. The molecule has 218 valence electrons. The molecule has 0 aliphatic carbocycles. The molecule has 0 bridgehead atoms. The third-order valence-electron chi connectivity index (χ3n) is 8.43. The van der Waals surface area contributed by atoms with Crippen molar-refractivity contribution in [1.82, 2.24) is 0 Å². The standard InChI is InChI=1S/C25H22B.C18H15S/c1-5-13-22(14-6-1)21-26(23-15-7-2-8-16-23,24-17-9-3-10-18-24)25-19-11-4-12-20-25;1-4-10-16(11-5-1)19(17-12-6-2-7-13-17)18-14-8-3-9-15-18/h1-20H,21H2;1-15H/q-1;+1. The van der Waals surface area contributed by atoms with Crippen LogP contribution in [0.5, 0.6) is 0 Å². The van der Waals surface area contributed by atoms with Crippen molar-refractivity contribution >= 4 is 33.4 Å². The molecule has 0 aromatic heterocycles. The van der Waals surface area contributed by atoms with Gasteiger partial charge in [0.1, 0.15) is 0 Å². The van der Waals surface area contributed by atoms with E-state index < -0.39 is 6.15 Å². The summed E-state index contributed by atoms with van der Waals surface area (Å²) in [7, 11) is -0.0146. The van der Waals surface area contributed by atoms with Crippen LogP contribution in [0.2, 0.25) is 0 Å². The van der Waals surface area contributed by atoms with Crippen molar-refractivity contribution in [3.05, 3.63) is 218 Å². The fourth-order valence-electron chi connectivity index (χ4n) is 6.32. The van der Waals surface area contributed by atoms with Gasteiger partial charge in [-0.3, -0.25) is 0 Å². The van der Waals surface area contributed by atoms with Crippen LogP contribution in [0.3, 0.4) is 0 Å². The summed E-state index contributed by atoms with van der Waals surface area (Å²) in [5.41, 5.74) is 5.51. The van der Waals surface area contributed by atoms with E-state index in [0.29, 0.717) is 0 Å². The van der Waals surface area contributed by atoms with Crippen molar-refractivity contribution < 1.29 is 0 Å². The van der Waals surface area contributed by atoms with Crippen LogP contribution in [-0.2, 0) is 17.2 Å². The molecule has 0 radical (unpaired) electrons. The second-order valence-electron chi connectivity index (χ2n) is 11.2. The van der Waals surface area contributed by atoms with E-state index in [0.717, 1.165) is 6.32 Å². The molecular weight excluding hydrogens is 559 g/mol. The van der Waals surface area contributed by atoms with E-state index in [1.54, 1.807) is 0 Å². The number of hydrogen-bond donors (Lipinski definition) is 0. The van der Waals surface area contributed by atoms with E-state index in [-0.39, 0.29) is 10.9 Å². The quantitative estimate of drug-likeness (QED) is 0.122. The maximum Gasteiger partial charge on any atom is 0.166 e. The molecule has 0 saturated carbocycles. The molecule has 0 aliphatic heterocycles. The molecule has 2 heteroatoms. The summed E-state index contributed by atoms with van der Waals surface area (Å²) in [6.07, 6.45) is -0.109. The summed E-state index contributed by atoms with van der Waals surface area (Å²) in [5.74, 6) is 0. The SMILES string of the molecule is c1ccc(C[B-](c2ccccc2)(c2ccccc2)c2ccccc2)cc1.c1ccc([S+](c2ccccc2)c2ccccc2)cc1. The predicted molar refractivity (Wildman–Crippen MR) is 196 cm³/mol. The largest absolute Gasteiger partial charge is 0.200 e. The maximum atomic E-state index is 2.28. The van der Waals surface area contributed by atoms with E-state index in [2.05, 4.69) is 212 Å². The van der Waals surface area contributed by atoms with Crippen LogP contribution in [0.1, 0.15) is 5.56 Å². The molecule has 7 aromatic rings. The average Bonchev–Trinajstić information content (AvgIpc) is 3.14. The van der Waals surface area contributed by atoms with Crippen LogP contribution in [0, 0.1) is 0 Å². The van der Waals surface area contributed by atoms with Gasteiger partial charge in [-0.15, -0.1) is 6.32 Å². The van der Waals surface area contributed by atoms with Crippen LogP contribution in [0.25, 0.3) is 0 Å². The van der Waals surface area contributed by atoms with Crippen LogP contribution < -0.4 is 16.4 Å². The Kier molecular flexibility index (Phi) is 10.1. The van der Waals surface area contributed by atoms with Crippen molar-refractivity contribution in [3.63, 3.8) is 0 Å². The highest BCUT2D eigenvalue weighted by molar-refractivity contribution is 7.97. The van der Waals surface area contributed by atoms with Crippen LogP contribution in [0.15, 0.2) is 227 Å². The van der Waals surface area contributed by atoms with Gasteiger partial charge in [-0.25, -0.2) is 0 Å². The summed E-state index contributed by atoms with van der Waals surface area (Å²) in [5, 5.41) is 0. The molecule has 0 spiro atoms. The Morgan fingerprint density at radius 3 is 0.822 bits per heavy atom. The van der Waals surface area contributed by atoms with Gasteiger partial charge in [-0.2, -0.15) is 16.4 Å². The van der Waals surface area contributed by atoms with Crippen LogP contribution in [0.4, 0.5) is 0 Å². The van der Waals surface area contributed by atoms with Gasteiger partial charge in [-0.05, 0) is 36.4 Å². The average molecular weight is 597 g/mol. The molecule has 0 fully saturated rings. The van der Waals surface area contributed by atoms with Crippen LogP contribution in [-0.4, -0.2) is 6.15 Å². The third kappa shape index (κ3) is 7.20. The van der Waals surface area contributed by atoms with Gasteiger partial charge >= 0.3 is 0 Å². The molecule has 45 heavy (non-hydrogen) atoms. The molecular formula is C43H37BS. The minimum absolute atomic E-state index is 0.0146. The second-order valence-corrected chi connectivity index (χ2v) is 13.2. The Morgan fingerprint density at radius 1 is 0.289 bits per heavy atom. The van der Waals surface area contributed by atoms with E-state index in [1.165, 1.54) is 36.6 Å². The van der Waals surface area contributed by atoms with E-state index >= 15 is 0 Å². The second kappa shape index (κ2) is 15.1. The molecule has 0 nitrogen and oxygen atoms in total. The van der Waals surface area contributed by atoms with Gasteiger partial charge in [0.25, 0.3) is 0 Å². The minimum atomic E-state index is -1.09. The molecule has 7 aromatic carbocycles. The fraction of sp³-hybridized carbons (Fsp3) is 0.0233. The predicted octanol–water partition coefficient (Wildman–Crippen LogP) is 8.72. The summed E-state index contributed by atoms with van der Waals surface area (Å²) in [4.78, 5) is 4.08. The van der Waals surface area contributed by atoms with Crippen molar-refractivity contribution in [2.45, 2.75) is 21.0 Å². The zero-order valence-corrected chi connectivity index (χ0v) is 26.2. The fourth-order valence-corrected chi connectivity index (χ4v) is 8.43. The third-order valence-corrected chi connectivity index (χ3v) is 10.7. The number of benzene rings is 7. The molecule has 0 aliphatic rings. The smallest absolute Gasteiger partial charge is 0.166 e. The van der Waals surface area contributed by atoms with Crippen molar-refractivity contribution in [2.75, 3.05) is 0 Å². The lowest BCUT2D eigenvalue weighted by molar-refractivity contribution is 1.32. The first-order valence-corrected chi connectivity index (χ1v) is 16.8. The first-order valence-electron chi connectivity index (χ1n) is 15.6. The molecule has 0 amide bonds. The molecule has 0 atom stereocenters. The van der Waals surface area contributed by atoms with Crippen molar-refractivity contribution in [3.8, 4) is 0 Å². The molecule has 7 rings (SSSR count). The zero-order valence-electron chi connectivity index (χ0n) is 25.4. The minimum Gasteiger partial charge on any atom is -0.200 e. The highest BCUT2D eigenvalue weighted by atomic mass is 32.2. The molecule has 0 heterocycles. The first kappa shape index (κ1) is 30.0. The highest BCUT2D eigenvalue weighted by Crippen LogP contribution is 2.30. The monoisotopic (exact) mass is 596 g/mol. The summed E-state index contributed by atoms with van der Waals surface area (Å²) < 4.78 is 0. The van der Waals surface area contributed by atoms with Gasteiger partial charge in [0.2, 0.25) is 0 Å². The Labute approximate surface area is 271 Å². The first-order chi connectivity index (χ1) is 22.3. The zero-order chi connectivity index (χ0) is 30.6. The summed E-state index contributed by atoms with van der Waals surface area (Å²) in [6, 6.07) is 75.9. The van der Waals surface area contributed by atoms with Gasteiger partial charge in [0, 0.05) is 0 Å². The maximum absolute atomic E-state index is 2.28. The Balaban J connectivity index is 0.000000167. The number of hydrogen-bond acceptors (Lipinski definition) is 0. The van der Waals surface area contributed by atoms with E-state index in [9.17, 15) is 0 Å². The van der Waals surface area contributed by atoms with Gasteiger partial charge in [0.15, 0.2) is 14.7 Å². The Hall–Kier alpha value is -5.05. The van der Waals surface area contributed by atoms with Gasteiger partial charge in [-0.1, -0.05) is 181 Å². The normalized spacial score (nSPS) is 11.0. The lowest BCUT2D eigenvalue weighted by Gasteiger charge is -2.43. The lowest BCUT2D eigenvalue weighted by atomic mass is 9.14. The molecule has 0 N–H and O–H groups in total. The Bertz CT molecular complexity index is 1640. The topological polar surface area (TPSA) is 0 Å². The van der Waals surface area contributed by atoms with Gasteiger partial charge < -0.3 is 0 Å². The van der Waals surface area contributed by atoms with E-state index in [4.69, 9.17) is 0 Å². The Morgan fingerprint density at radius 2 is 0.533 bits per heavy atom. The van der Waals surface area contributed by atoms with Crippen molar-refractivity contribution in [2.24, 2.45) is 0 Å². The summed E-state index contributed by atoms with van der Waals surface area (Å²) >= 11 is 0. The van der Waals surface area contributed by atoms with Gasteiger partial charge in [0.05, 0.1) is 17.0 Å². The molecule has 0 unspecified atom stereocenters. The van der Waals surface area contributed by atoms with E-state index in [1.807, 2.05) is 0 Å². The summed E-state index contributed by atoms with van der Waals surface area (Å²) in [6.45, 7) is 0. The lowest BCUT2D eigenvalue weighted by Crippen LogP contribution is -2.68. The van der Waals surface area contributed by atoms with Crippen LogP contribution >= 0.6 is 0 Å². The van der Waals surface area contributed by atoms with Crippen molar-refractivity contribution in [1.29, 1.82) is 0 Å². The number of rotatable bonds is 8. The highest BCUT2D eigenvalue weighted by Gasteiger charge is 2.30.